The van der Waals surface area contributed by atoms with Crippen molar-refractivity contribution < 1.29 is 19.1 Å². The topological polar surface area (TPSA) is 110 Å². The van der Waals surface area contributed by atoms with E-state index in [-0.39, 0.29) is 52.6 Å². The van der Waals surface area contributed by atoms with Crippen LogP contribution in [0.2, 0.25) is 5.02 Å². The van der Waals surface area contributed by atoms with E-state index in [1.165, 1.54) is 17.9 Å². The highest BCUT2D eigenvalue weighted by atomic mass is 79.9. The SMILES string of the molecule is CC(=O)Nc1nc2c(F)c(Br)c(Cl)cc2c(N2CCN(C(=O)O)CC2)c1C#N. The fourth-order valence-electron chi connectivity index (χ4n) is 3.10. The van der Waals surface area contributed by atoms with Crippen molar-refractivity contribution in [2.45, 2.75) is 6.92 Å². The van der Waals surface area contributed by atoms with E-state index < -0.39 is 17.8 Å². The molecule has 3 rings (SSSR count). The maximum absolute atomic E-state index is 14.8. The van der Waals surface area contributed by atoms with Gasteiger partial charge in [-0.1, -0.05) is 11.6 Å². The normalized spacial score (nSPS) is 14.1. The zero-order valence-corrected chi connectivity index (χ0v) is 16.9. The van der Waals surface area contributed by atoms with E-state index in [4.69, 9.17) is 16.7 Å². The number of rotatable bonds is 2. The number of nitrogens with zero attached hydrogens (tertiary/aromatic N) is 4. The van der Waals surface area contributed by atoms with Gasteiger partial charge in [0.25, 0.3) is 0 Å². The van der Waals surface area contributed by atoms with Crippen molar-refractivity contribution in [1.29, 1.82) is 5.26 Å². The summed E-state index contributed by atoms with van der Waals surface area (Å²) in [4.78, 5) is 29.9. The molecule has 2 aromatic rings. The number of nitrogens with one attached hydrogen (secondary N) is 1. The number of halogens is 3. The molecular formula is C17H14BrClFN5O3. The van der Waals surface area contributed by atoms with Crippen molar-refractivity contribution in [3.63, 3.8) is 0 Å². The molecule has 11 heteroatoms. The summed E-state index contributed by atoms with van der Waals surface area (Å²) < 4.78 is 14.9. The van der Waals surface area contributed by atoms with Crippen LogP contribution in [0.3, 0.4) is 0 Å². The predicted molar refractivity (Wildman–Crippen MR) is 105 cm³/mol. The highest BCUT2D eigenvalue weighted by Crippen LogP contribution is 2.40. The van der Waals surface area contributed by atoms with Crippen LogP contribution in [0.5, 0.6) is 0 Å². The van der Waals surface area contributed by atoms with Crippen LogP contribution in [0.25, 0.3) is 10.9 Å². The van der Waals surface area contributed by atoms with Gasteiger partial charge in [-0.3, -0.25) is 4.79 Å². The Morgan fingerprint density at radius 1 is 1.39 bits per heavy atom. The molecule has 2 heterocycles. The number of amides is 2. The molecule has 0 bridgehead atoms. The molecule has 0 spiro atoms. The quantitative estimate of drug-likeness (QED) is 0.651. The molecule has 1 aliphatic rings. The molecule has 0 radical (unpaired) electrons. The number of hydrogen-bond acceptors (Lipinski definition) is 5. The lowest BCUT2D eigenvalue weighted by Crippen LogP contribution is -2.48. The summed E-state index contributed by atoms with van der Waals surface area (Å²) in [6, 6.07) is 3.51. The van der Waals surface area contributed by atoms with Crippen molar-refractivity contribution >= 4 is 61.9 Å². The summed E-state index contributed by atoms with van der Waals surface area (Å²) in [6.07, 6.45) is -1.03. The second kappa shape index (κ2) is 7.77. The number of benzene rings is 1. The van der Waals surface area contributed by atoms with Gasteiger partial charge in [-0.05, 0) is 22.0 Å². The maximum Gasteiger partial charge on any atom is 0.407 e. The van der Waals surface area contributed by atoms with Crippen LogP contribution in [0, 0.1) is 17.1 Å². The Labute approximate surface area is 172 Å². The summed E-state index contributed by atoms with van der Waals surface area (Å²) in [5, 5.41) is 21.7. The zero-order chi connectivity index (χ0) is 20.6. The van der Waals surface area contributed by atoms with Gasteiger partial charge in [0, 0.05) is 38.5 Å². The molecule has 0 unspecified atom stereocenters. The molecule has 0 saturated carbocycles. The summed E-state index contributed by atoms with van der Waals surface area (Å²) >= 11 is 9.19. The first-order chi connectivity index (χ1) is 13.2. The predicted octanol–water partition coefficient (Wildman–Crippen LogP) is 3.42. The summed E-state index contributed by atoms with van der Waals surface area (Å²) in [5.41, 5.74) is 0.355. The minimum atomic E-state index is -1.03. The third-order valence-electron chi connectivity index (χ3n) is 4.36. The van der Waals surface area contributed by atoms with E-state index in [0.717, 1.165) is 0 Å². The molecular weight excluding hydrogens is 457 g/mol. The van der Waals surface area contributed by atoms with Crippen molar-refractivity contribution in [2.24, 2.45) is 0 Å². The molecule has 1 aromatic carbocycles. The first-order valence-corrected chi connectivity index (χ1v) is 9.33. The Morgan fingerprint density at radius 2 is 2.04 bits per heavy atom. The fourth-order valence-corrected chi connectivity index (χ4v) is 3.60. The van der Waals surface area contributed by atoms with E-state index in [9.17, 15) is 19.2 Å². The number of carboxylic acid groups (broad SMARTS) is 1. The van der Waals surface area contributed by atoms with E-state index >= 15 is 0 Å². The highest BCUT2D eigenvalue weighted by molar-refractivity contribution is 9.10. The standard InChI is InChI=1S/C17H14BrClFN5O3/c1-8(26)22-16-10(7-21)15(24-2-4-25(5-3-24)17(27)28)9-6-11(19)12(18)13(20)14(9)23-16/h6H,2-5H2,1H3,(H,27,28)(H,22,23,26). The number of fused-ring (bicyclic) bond motifs is 1. The van der Waals surface area contributed by atoms with Crippen LogP contribution in [-0.2, 0) is 4.79 Å². The average molecular weight is 471 g/mol. The minimum Gasteiger partial charge on any atom is -0.465 e. The molecule has 1 fully saturated rings. The van der Waals surface area contributed by atoms with Gasteiger partial charge in [0.2, 0.25) is 5.91 Å². The smallest absolute Gasteiger partial charge is 0.407 e. The number of anilines is 2. The van der Waals surface area contributed by atoms with Crippen molar-refractivity contribution in [2.75, 3.05) is 36.4 Å². The number of aromatic nitrogens is 1. The molecule has 1 saturated heterocycles. The Morgan fingerprint density at radius 3 is 2.57 bits per heavy atom. The Balaban J connectivity index is 2.25. The van der Waals surface area contributed by atoms with Gasteiger partial charge >= 0.3 is 6.09 Å². The monoisotopic (exact) mass is 469 g/mol. The van der Waals surface area contributed by atoms with Crippen LogP contribution >= 0.6 is 27.5 Å². The van der Waals surface area contributed by atoms with Crippen molar-refractivity contribution in [3.05, 3.63) is 26.9 Å². The van der Waals surface area contributed by atoms with Gasteiger partial charge in [0.1, 0.15) is 17.1 Å². The van der Waals surface area contributed by atoms with Crippen LogP contribution in [-0.4, -0.2) is 53.2 Å². The Kier molecular flexibility index (Phi) is 5.58. The second-order valence-corrected chi connectivity index (χ2v) is 7.32. The number of carbonyl (C=O) groups is 2. The molecule has 0 atom stereocenters. The molecule has 1 aliphatic heterocycles. The fraction of sp³-hybridized carbons (Fsp3) is 0.294. The number of carbonyl (C=O) groups excluding carboxylic acids is 1. The van der Waals surface area contributed by atoms with Gasteiger partial charge in [-0.25, -0.2) is 14.2 Å². The van der Waals surface area contributed by atoms with Gasteiger partial charge in [-0.15, -0.1) is 0 Å². The molecule has 146 valence electrons. The number of pyridine rings is 1. The first kappa shape index (κ1) is 20.1. The van der Waals surface area contributed by atoms with Gasteiger partial charge in [0.15, 0.2) is 11.6 Å². The van der Waals surface area contributed by atoms with Gasteiger partial charge in [-0.2, -0.15) is 5.26 Å². The molecule has 2 amide bonds. The average Bonchev–Trinajstić information content (AvgIpc) is 2.65. The van der Waals surface area contributed by atoms with Gasteiger partial charge in [0.05, 0.1) is 15.2 Å². The molecule has 1 aromatic heterocycles. The number of hydrogen-bond donors (Lipinski definition) is 2. The van der Waals surface area contributed by atoms with E-state index in [1.54, 1.807) is 4.90 Å². The lowest BCUT2D eigenvalue weighted by Gasteiger charge is -2.35. The van der Waals surface area contributed by atoms with Crippen molar-refractivity contribution in [1.82, 2.24) is 9.88 Å². The minimum absolute atomic E-state index is 0.0225. The Bertz CT molecular complexity index is 1030. The highest BCUT2D eigenvalue weighted by Gasteiger charge is 2.28. The second-order valence-electron chi connectivity index (χ2n) is 6.12. The lowest BCUT2D eigenvalue weighted by molar-refractivity contribution is -0.114. The Hall–Kier alpha value is -2.64. The van der Waals surface area contributed by atoms with E-state index in [1.807, 2.05) is 6.07 Å². The first-order valence-electron chi connectivity index (χ1n) is 8.16. The third-order valence-corrected chi connectivity index (χ3v) is 5.66. The lowest BCUT2D eigenvalue weighted by atomic mass is 10.1. The van der Waals surface area contributed by atoms with Gasteiger partial charge < -0.3 is 20.2 Å². The van der Waals surface area contributed by atoms with Crippen LogP contribution in [0.1, 0.15) is 12.5 Å². The van der Waals surface area contributed by atoms with Crippen molar-refractivity contribution in [3.8, 4) is 6.07 Å². The molecule has 0 aliphatic carbocycles. The van der Waals surface area contributed by atoms with E-state index in [2.05, 4.69) is 26.2 Å². The summed E-state index contributed by atoms with van der Waals surface area (Å²) in [7, 11) is 0. The third kappa shape index (κ3) is 3.55. The van der Waals surface area contributed by atoms with Crippen LogP contribution < -0.4 is 10.2 Å². The van der Waals surface area contributed by atoms with E-state index in [0.29, 0.717) is 11.1 Å². The summed E-state index contributed by atoms with van der Waals surface area (Å²) in [6.45, 7) is 2.26. The number of piperazine rings is 1. The maximum atomic E-state index is 14.8. The molecule has 8 nitrogen and oxygen atoms in total. The molecule has 28 heavy (non-hydrogen) atoms. The zero-order valence-electron chi connectivity index (χ0n) is 14.6. The number of nitriles is 1. The van der Waals surface area contributed by atoms with Crippen LogP contribution in [0.4, 0.5) is 20.7 Å². The molecule has 2 N–H and O–H groups in total. The largest absolute Gasteiger partial charge is 0.465 e. The van der Waals surface area contributed by atoms with Crippen LogP contribution in [0.15, 0.2) is 10.5 Å². The summed E-state index contributed by atoms with van der Waals surface area (Å²) in [5.74, 6) is -1.24.